The lowest BCUT2D eigenvalue weighted by Crippen LogP contribution is -2.56. The third-order valence-electron chi connectivity index (χ3n) is 4.51. The maximum Gasteiger partial charge on any atom is 0.270 e. The van der Waals surface area contributed by atoms with Gasteiger partial charge in [-0.3, -0.25) is 19.4 Å². The number of rotatable bonds is 5. The number of anilines is 1. The average Bonchev–Trinajstić information content (AvgIpc) is 2.74. The van der Waals surface area contributed by atoms with E-state index in [2.05, 4.69) is 31.9 Å². The maximum absolute atomic E-state index is 13.4. The molecule has 0 spiro atoms. The van der Waals surface area contributed by atoms with Crippen LogP contribution in [0.25, 0.3) is 6.08 Å². The Morgan fingerprint density at radius 3 is 2.35 bits per heavy atom. The van der Waals surface area contributed by atoms with Crippen molar-refractivity contribution in [3.8, 4) is 11.5 Å². The van der Waals surface area contributed by atoms with Gasteiger partial charge in [0.15, 0.2) is 16.6 Å². The molecule has 0 bridgehead atoms. The number of phenolic OH excluding ortho intramolecular Hbond substituents is 1. The summed E-state index contributed by atoms with van der Waals surface area (Å²) in [6.45, 7) is 4.18. The predicted octanol–water partition coefficient (Wildman–Crippen LogP) is 5.53. The van der Waals surface area contributed by atoms with Crippen LogP contribution in [0.1, 0.15) is 19.4 Å². The Hall–Kier alpha value is -1.94. The number of hydrogen-bond acceptors (Lipinski definition) is 5. The molecule has 1 N–H and O–H groups in total. The molecule has 2 amide bonds. The summed E-state index contributed by atoms with van der Waals surface area (Å²) in [5.41, 5.74) is 0.896. The second-order valence-electron chi connectivity index (χ2n) is 6.38. The van der Waals surface area contributed by atoms with Crippen LogP contribution in [-0.2, 0) is 9.59 Å². The third kappa shape index (κ3) is 4.50. The normalized spacial score (nSPS) is 15.8. The summed E-state index contributed by atoms with van der Waals surface area (Å²) in [4.78, 5) is 29.1. The summed E-state index contributed by atoms with van der Waals surface area (Å²) >= 11 is 18.1. The lowest BCUT2D eigenvalue weighted by atomic mass is 10.1. The second kappa shape index (κ2) is 9.68. The molecular formula is C21H17Br2ClN2O4S. The molecule has 0 saturated carbocycles. The summed E-state index contributed by atoms with van der Waals surface area (Å²) in [6.07, 6.45) is 1.45. The quantitative estimate of drug-likeness (QED) is 0.283. The number of ether oxygens (including phenoxy) is 1. The Morgan fingerprint density at radius 1 is 1.13 bits per heavy atom. The number of amides is 2. The van der Waals surface area contributed by atoms with Gasteiger partial charge in [0.25, 0.3) is 11.8 Å². The van der Waals surface area contributed by atoms with Crippen LogP contribution < -0.4 is 9.64 Å². The van der Waals surface area contributed by atoms with E-state index in [9.17, 15) is 14.7 Å². The summed E-state index contributed by atoms with van der Waals surface area (Å²) < 4.78 is 6.28. The van der Waals surface area contributed by atoms with Gasteiger partial charge in [0.1, 0.15) is 5.57 Å². The Balaban J connectivity index is 2.16. The monoisotopic (exact) mass is 586 g/mol. The van der Waals surface area contributed by atoms with Gasteiger partial charge < -0.3 is 9.84 Å². The number of nitrogens with zero attached hydrogens (tertiary/aromatic N) is 2. The largest absolute Gasteiger partial charge is 0.503 e. The molecule has 1 saturated heterocycles. The predicted molar refractivity (Wildman–Crippen MR) is 132 cm³/mol. The van der Waals surface area contributed by atoms with Gasteiger partial charge in [-0.15, -0.1) is 0 Å². The molecule has 3 rings (SSSR count). The summed E-state index contributed by atoms with van der Waals surface area (Å²) in [5, 5.41) is 10.9. The van der Waals surface area contributed by atoms with Crippen molar-refractivity contribution in [2.45, 2.75) is 13.8 Å². The smallest absolute Gasteiger partial charge is 0.270 e. The number of carbonyl (C=O) groups excluding carboxylic acids is 2. The first-order chi connectivity index (χ1) is 14.7. The lowest BCUT2D eigenvalue weighted by Gasteiger charge is -2.36. The number of aromatic hydroxyl groups is 1. The van der Waals surface area contributed by atoms with E-state index < -0.39 is 11.8 Å². The molecule has 0 aliphatic carbocycles. The Labute approximate surface area is 206 Å². The maximum atomic E-state index is 13.4. The van der Waals surface area contributed by atoms with Crippen molar-refractivity contribution in [1.82, 2.24) is 4.90 Å². The number of hydrogen-bond donors (Lipinski definition) is 1. The topological polar surface area (TPSA) is 70.1 Å². The summed E-state index contributed by atoms with van der Waals surface area (Å²) in [6, 6.07) is 8.16. The van der Waals surface area contributed by atoms with Gasteiger partial charge in [-0.1, -0.05) is 11.6 Å². The Morgan fingerprint density at radius 2 is 1.77 bits per heavy atom. The first-order valence-corrected chi connectivity index (χ1v) is 11.6. The molecule has 0 aromatic heterocycles. The van der Waals surface area contributed by atoms with E-state index in [0.717, 1.165) is 0 Å². The lowest BCUT2D eigenvalue weighted by molar-refractivity contribution is -0.127. The van der Waals surface area contributed by atoms with Gasteiger partial charge >= 0.3 is 0 Å². The molecule has 2 aromatic carbocycles. The molecular weight excluding hydrogens is 572 g/mol. The fraction of sp³-hybridized carbons (Fsp3) is 0.190. The summed E-state index contributed by atoms with van der Waals surface area (Å²) in [5.74, 6) is -0.929. The van der Waals surface area contributed by atoms with E-state index in [4.69, 9.17) is 28.6 Å². The van der Waals surface area contributed by atoms with Crippen LogP contribution in [0.3, 0.4) is 0 Å². The van der Waals surface area contributed by atoms with E-state index in [1.54, 1.807) is 44.2 Å². The minimum atomic E-state index is -0.559. The average molecular weight is 589 g/mol. The van der Waals surface area contributed by atoms with Crippen molar-refractivity contribution < 1.29 is 19.4 Å². The molecule has 10 heteroatoms. The van der Waals surface area contributed by atoms with Crippen molar-refractivity contribution in [1.29, 1.82) is 0 Å². The first-order valence-electron chi connectivity index (χ1n) is 9.22. The van der Waals surface area contributed by atoms with Crippen molar-refractivity contribution in [2.24, 2.45) is 0 Å². The molecule has 0 unspecified atom stereocenters. The molecule has 0 radical (unpaired) electrons. The number of benzene rings is 2. The summed E-state index contributed by atoms with van der Waals surface area (Å²) in [7, 11) is 0. The molecule has 1 aliphatic rings. The molecule has 0 atom stereocenters. The zero-order valence-corrected chi connectivity index (χ0v) is 21.2. The van der Waals surface area contributed by atoms with Gasteiger partial charge in [-0.2, -0.15) is 0 Å². The number of thiocarbonyl (C=S) groups is 1. The van der Waals surface area contributed by atoms with Crippen molar-refractivity contribution in [3.05, 3.63) is 55.4 Å². The highest BCUT2D eigenvalue weighted by molar-refractivity contribution is 9.13. The van der Waals surface area contributed by atoms with E-state index in [-0.39, 0.29) is 28.7 Å². The minimum Gasteiger partial charge on any atom is -0.503 e. The number of likely N-dealkylation sites (N-methyl/N-ethyl adjacent to an activating group) is 1. The van der Waals surface area contributed by atoms with Gasteiger partial charge in [0, 0.05) is 16.0 Å². The fourth-order valence-corrected chi connectivity index (χ4v) is 4.38. The highest BCUT2D eigenvalue weighted by Gasteiger charge is 2.39. The van der Waals surface area contributed by atoms with Gasteiger partial charge in [0.2, 0.25) is 0 Å². The SMILES string of the molecule is CCOc1cc(/C=C2\C(=O)N(CC)C(=S)N(c3ccc(Cl)cc3)C2=O)c(Br)c(Br)c1O. The van der Waals surface area contributed by atoms with Crippen LogP contribution in [-0.4, -0.2) is 40.1 Å². The van der Waals surface area contributed by atoms with Crippen LogP contribution in [0.5, 0.6) is 11.5 Å². The molecule has 162 valence electrons. The molecule has 31 heavy (non-hydrogen) atoms. The van der Waals surface area contributed by atoms with E-state index in [1.807, 2.05) is 0 Å². The van der Waals surface area contributed by atoms with Crippen LogP contribution in [0.15, 0.2) is 44.9 Å². The Kier molecular flexibility index (Phi) is 7.41. The van der Waals surface area contributed by atoms with Crippen LogP contribution in [0.4, 0.5) is 5.69 Å². The third-order valence-corrected chi connectivity index (χ3v) is 7.32. The number of carbonyl (C=O) groups is 2. The van der Waals surface area contributed by atoms with Crippen molar-refractivity contribution in [2.75, 3.05) is 18.1 Å². The van der Waals surface area contributed by atoms with Crippen molar-refractivity contribution >= 4 is 84.4 Å². The van der Waals surface area contributed by atoms with Crippen LogP contribution in [0, 0.1) is 0 Å². The van der Waals surface area contributed by atoms with E-state index in [0.29, 0.717) is 31.8 Å². The van der Waals surface area contributed by atoms with Gasteiger partial charge in [-0.25, -0.2) is 0 Å². The molecule has 2 aromatic rings. The Bertz CT molecular complexity index is 1110. The number of phenols is 1. The second-order valence-corrected chi connectivity index (χ2v) is 8.77. The van der Waals surface area contributed by atoms with E-state index >= 15 is 0 Å². The first kappa shape index (κ1) is 23.7. The minimum absolute atomic E-state index is 0.0776. The highest BCUT2D eigenvalue weighted by atomic mass is 79.9. The van der Waals surface area contributed by atoms with Crippen LogP contribution in [0.2, 0.25) is 5.02 Å². The standard InChI is InChI=1S/C21H17Br2ClN2O4S/c1-3-25-19(28)14(9-11-10-15(30-4-2)18(27)17(23)16(11)22)20(29)26(21(25)31)13-7-5-12(24)6-8-13/h5-10,27H,3-4H2,1-2H3/b14-9+. The van der Waals surface area contributed by atoms with Crippen molar-refractivity contribution in [3.63, 3.8) is 0 Å². The molecule has 1 aliphatic heterocycles. The molecule has 1 heterocycles. The number of halogens is 3. The molecule has 6 nitrogen and oxygen atoms in total. The van der Waals surface area contributed by atoms with Gasteiger partial charge in [-0.05, 0) is 99.9 Å². The molecule has 1 fully saturated rings. The van der Waals surface area contributed by atoms with Crippen LogP contribution >= 0.6 is 55.7 Å². The van der Waals surface area contributed by atoms with E-state index in [1.165, 1.54) is 15.9 Å². The van der Waals surface area contributed by atoms with Gasteiger partial charge in [0.05, 0.1) is 16.8 Å². The fourth-order valence-electron chi connectivity index (χ4n) is 3.01. The zero-order chi connectivity index (χ0) is 22.9. The zero-order valence-electron chi connectivity index (χ0n) is 16.5. The highest BCUT2D eigenvalue weighted by Crippen LogP contribution is 2.43.